The third-order valence-corrected chi connectivity index (χ3v) is 3.45. The number of methoxy groups -OCH3 is 1. The molecule has 0 aliphatic rings. The fourth-order valence-corrected chi connectivity index (χ4v) is 2.15. The Labute approximate surface area is 147 Å². The van der Waals surface area contributed by atoms with Crippen LogP contribution in [0.5, 0.6) is 5.75 Å². The summed E-state index contributed by atoms with van der Waals surface area (Å²) in [6.45, 7) is -0.538. The lowest BCUT2D eigenvalue weighted by Gasteiger charge is -2.11. The molecule has 1 N–H and O–H groups in total. The second-order valence-electron chi connectivity index (χ2n) is 4.60. The Kier molecular flexibility index (Phi) is 6.00. The van der Waals surface area contributed by atoms with Crippen LogP contribution < -0.4 is 10.1 Å². The minimum Gasteiger partial charge on any atom is -0.495 e. The summed E-state index contributed by atoms with van der Waals surface area (Å²) in [6, 6.07) is 8.06. The Bertz CT molecular complexity index is 783. The van der Waals surface area contributed by atoms with Crippen molar-refractivity contribution in [1.29, 1.82) is 0 Å². The van der Waals surface area contributed by atoms with E-state index in [2.05, 4.69) is 5.32 Å². The standard InChI is InChI=1S/C16H12Cl2FNO4/c1-23-14-5-3-10(17)7-13(14)20-15(21)8-24-16(22)9-2-4-12(19)11(18)6-9/h2-7H,8H2,1H3,(H,20,21). The van der Waals surface area contributed by atoms with Crippen LogP contribution in [0.4, 0.5) is 10.1 Å². The van der Waals surface area contributed by atoms with E-state index in [1.54, 1.807) is 12.1 Å². The number of carbonyl (C=O) groups is 2. The maximum absolute atomic E-state index is 13.1. The van der Waals surface area contributed by atoms with Crippen LogP contribution in [0.25, 0.3) is 0 Å². The first-order valence-corrected chi connectivity index (χ1v) is 7.42. The highest BCUT2D eigenvalue weighted by Crippen LogP contribution is 2.27. The number of hydrogen-bond acceptors (Lipinski definition) is 4. The van der Waals surface area contributed by atoms with Crippen molar-refractivity contribution in [2.75, 3.05) is 19.0 Å². The average molecular weight is 372 g/mol. The third-order valence-electron chi connectivity index (χ3n) is 2.93. The molecule has 0 spiro atoms. The molecule has 0 aliphatic heterocycles. The van der Waals surface area contributed by atoms with Crippen molar-refractivity contribution < 1.29 is 23.5 Å². The van der Waals surface area contributed by atoms with Gasteiger partial charge >= 0.3 is 5.97 Å². The second kappa shape index (κ2) is 7.99. The molecule has 0 saturated carbocycles. The molecule has 0 fully saturated rings. The molecular weight excluding hydrogens is 360 g/mol. The molecule has 0 aliphatic carbocycles. The molecule has 2 aromatic rings. The van der Waals surface area contributed by atoms with Crippen LogP contribution in [0.1, 0.15) is 10.4 Å². The number of amides is 1. The van der Waals surface area contributed by atoms with E-state index < -0.39 is 24.3 Å². The predicted molar refractivity (Wildman–Crippen MR) is 88.3 cm³/mol. The van der Waals surface area contributed by atoms with Gasteiger partial charge in [-0.3, -0.25) is 4.79 Å². The van der Waals surface area contributed by atoms with Gasteiger partial charge in [-0.2, -0.15) is 0 Å². The van der Waals surface area contributed by atoms with E-state index in [-0.39, 0.29) is 10.6 Å². The summed E-state index contributed by atoms with van der Waals surface area (Å²) in [4.78, 5) is 23.7. The van der Waals surface area contributed by atoms with Gasteiger partial charge in [0, 0.05) is 5.02 Å². The van der Waals surface area contributed by atoms with Crippen LogP contribution in [0.2, 0.25) is 10.0 Å². The van der Waals surface area contributed by atoms with Crippen LogP contribution in [-0.4, -0.2) is 25.6 Å². The monoisotopic (exact) mass is 371 g/mol. The Morgan fingerprint density at radius 2 is 1.92 bits per heavy atom. The smallest absolute Gasteiger partial charge is 0.338 e. The van der Waals surface area contributed by atoms with E-state index in [9.17, 15) is 14.0 Å². The number of rotatable bonds is 5. The van der Waals surface area contributed by atoms with E-state index >= 15 is 0 Å². The van der Waals surface area contributed by atoms with Crippen molar-refractivity contribution in [3.05, 3.63) is 57.8 Å². The fourth-order valence-electron chi connectivity index (χ4n) is 1.80. The maximum atomic E-state index is 13.1. The highest BCUT2D eigenvalue weighted by atomic mass is 35.5. The zero-order valence-electron chi connectivity index (χ0n) is 12.4. The van der Waals surface area contributed by atoms with E-state index in [1.165, 1.54) is 19.2 Å². The molecule has 0 heterocycles. The fraction of sp³-hybridized carbons (Fsp3) is 0.125. The summed E-state index contributed by atoms with van der Waals surface area (Å²) >= 11 is 11.4. The largest absolute Gasteiger partial charge is 0.495 e. The number of halogens is 3. The summed E-state index contributed by atoms with van der Waals surface area (Å²) in [5, 5.41) is 2.71. The van der Waals surface area contributed by atoms with Gasteiger partial charge in [0.05, 0.1) is 23.4 Å². The average Bonchev–Trinajstić information content (AvgIpc) is 2.55. The molecule has 1 amide bonds. The topological polar surface area (TPSA) is 64.6 Å². The van der Waals surface area contributed by atoms with Gasteiger partial charge in [0.1, 0.15) is 11.6 Å². The van der Waals surface area contributed by atoms with Gasteiger partial charge in [-0.15, -0.1) is 0 Å². The molecule has 0 atom stereocenters. The van der Waals surface area contributed by atoms with Crippen LogP contribution in [0.3, 0.4) is 0 Å². The molecule has 5 nitrogen and oxygen atoms in total. The molecule has 2 rings (SSSR count). The molecule has 0 unspecified atom stereocenters. The quantitative estimate of drug-likeness (QED) is 0.808. The molecule has 2 aromatic carbocycles. The molecule has 0 bridgehead atoms. The van der Waals surface area contributed by atoms with Gasteiger partial charge in [0.15, 0.2) is 6.61 Å². The summed E-state index contributed by atoms with van der Waals surface area (Å²) in [6.07, 6.45) is 0. The lowest BCUT2D eigenvalue weighted by Crippen LogP contribution is -2.21. The van der Waals surface area contributed by atoms with Crippen molar-refractivity contribution in [3.8, 4) is 5.75 Å². The van der Waals surface area contributed by atoms with E-state index in [4.69, 9.17) is 32.7 Å². The lowest BCUT2D eigenvalue weighted by molar-refractivity contribution is -0.119. The van der Waals surface area contributed by atoms with E-state index in [0.29, 0.717) is 16.5 Å². The van der Waals surface area contributed by atoms with Crippen LogP contribution in [-0.2, 0) is 9.53 Å². The predicted octanol–water partition coefficient (Wildman–Crippen LogP) is 3.94. The van der Waals surface area contributed by atoms with Gasteiger partial charge in [0.2, 0.25) is 0 Å². The van der Waals surface area contributed by atoms with Crippen molar-refractivity contribution in [2.24, 2.45) is 0 Å². The Morgan fingerprint density at radius 1 is 1.17 bits per heavy atom. The first kappa shape index (κ1) is 18.0. The van der Waals surface area contributed by atoms with E-state index in [1.807, 2.05) is 0 Å². The Hall–Kier alpha value is -2.31. The first-order valence-electron chi connectivity index (χ1n) is 6.66. The molecule has 8 heteroatoms. The maximum Gasteiger partial charge on any atom is 0.338 e. The van der Waals surface area contributed by atoms with Gasteiger partial charge in [0.25, 0.3) is 5.91 Å². The summed E-state index contributed by atoms with van der Waals surface area (Å²) in [5.74, 6) is -1.63. The van der Waals surface area contributed by atoms with Crippen molar-refractivity contribution in [1.82, 2.24) is 0 Å². The number of ether oxygens (including phenoxy) is 2. The lowest BCUT2D eigenvalue weighted by atomic mass is 10.2. The van der Waals surface area contributed by atoms with Crippen LogP contribution >= 0.6 is 23.2 Å². The molecule has 0 radical (unpaired) electrons. The summed E-state index contributed by atoms with van der Waals surface area (Å²) in [7, 11) is 1.44. The number of anilines is 1. The zero-order valence-corrected chi connectivity index (χ0v) is 13.9. The molecule has 126 valence electrons. The Morgan fingerprint density at radius 3 is 2.58 bits per heavy atom. The van der Waals surface area contributed by atoms with Crippen molar-refractivity contribution >= 4 is 40.8 Å². The molecular formula is C16H12Cl2FNO4. The van der Waals surface area contributed by atoms with Crippen LogP contribution in [0.15, 0.2) is 36.4 Å². The van der Waals surface area contributed by atoms with Gasteiger partial charge in [-0.05, 0) is 36.4 Å². The Balaban J connectivity index is 1.97. The minimum atomic E-state index is -0.801. The normalized spacial score (nSPS) is 10.2. The summed E-state index contributed by atoms with van der Waals surface area (Å²) in [5.41, 5.74) is 0.380. The third kappa shape index (κ3) is 4.59. The molecule has 0 aromatic heterocycles. The van der Waals surface area contributed by atoms with E-state index in [0.717, 1.165) is 12.1 Å². The van der Waals surface area contributed by atoms with Crippen LogP contribution in [0, 0.1) is 5.82 Å². The zero-order chi connectivity index (χ0) is 17.7. The number of nitrogens with one attached hydrogen (secondary N) is 1. The van der Waals surface area contributed by atoms with Gasteiger partial charge in [-0.25, -0.2) is 9.18 Å². The minimum absolute atomic E-state index is 0.0366. The SMILES string of the molecule is COc1ccc(Cl)cc1NC(=O)COC(=O)c1ccc(F)c(Cl)c1. The number of esters is 1. The highest BCUT2D eigenvalue weighted by Gasteiger charge is 2.14. The van der Waals surface area contributed by atoms with Gasteiger partial charge in [-0.1, -0.05) is 23.2 Å². The second-order valence-corrected chi connectivity index (χ2v) is 5.44. The van der Waals surface area contributed by atoms with Crippen molar-refractivity contribution in [3.63, 3.8) is 0 Å². The van der Waals surface area contributed by atoms with Gasteiger partial charge < -0.3 is 14.8 Å². The molecule has 24 heavy (non-hydrogen) atoms. The number of carbonyl (C=O) groups excluding carboxylic acids is 2. The highest BCUT2D eigenvalue weighted by molar-refractivity contribution is 6.31. The summed E-state index contributed by atoms with van der Waals surface area (Å²) < 4.78 is 23.0. The number of benzene rings is 2. The molecule has 0 saturated heterocycles. The van der Waals surface area contributed by atoms with Crippen molar-refractivity contribution in [2.45, 2.75) is 0 Å². The first-order chi connectivity index (χ1) is 11.4. The number of hydrogen-bond donors (Lipinski definition) is 1.